The molecule has 0 amide bonds. The molecule has 3 N–H and O–H groups in total. The van der Waals surface area contributed by atoms with Gasteiger partial charge < -0.3 is 15.3 Å². The molecule has 3 heteroatoms. The molecular weight excluding hydrogens is 420 g/mol. The summed E-state index contributed by atoms with van der Waals surface area (Å²) in [7, 11) is 0. The number of aliphatic hydroxyl groups excluding tert-OH is 2. The van der Waals surface area contributed by atoms with Crippen LogP contribution in [0.2, 0.25) is 0 Å². The summed E-state index contributed by atoms with van der Waals surface area (Å²) in [6, 6.07) is 0. The van der Waals surface area contributed by atoms with Crippen molar-refractivity contribution in [3.63, 3.8) is 0 Å². The molecule has 0 heterocycles. The third-order valence-corrected chi connectivity index (χ3v) is 10.8. The number of hydrogen-bond acceptors (Lipinski definition) is 3. The van der Waals surface area contributed by atoms with Gasteiger partial charge in [-0.15, -0.1) is 0 Å². The number of aliphatic hydroxyl groups is 3. The van der Waals surface area contributed by atoms with Crippen molar-refractivity contribution in [3.05, 3.63) is 35.5 Å². The van der Waals surface area contributed by atoms with E-state index in [2.05, 4.69) is 32.6 Å². The van der Waals surface area contributed by atoms with Crippen molar-refractivity contribution >= 4 is 0 Å². The largest absolute Gasteiger partial charge is 0.393 e. The SMILES string of the molecule is C=C1/C(=C\C=C2/CCC[C@]3(C)[C@@H]([C@H](C)CCCC(O)(C4CC4)C4CC4)CC[C@@H]23)C[C@@H](O)C[C@@H]1O. The first kappa shape index (κ1) is 24.8. The van der Waals surface area contributed by atoms with E-state index in [1.807, 2.05) is 0 Å². The Labute approximate surface area is 207 Å². The van der Waals surface area contributed by atoms with Gasteiger partial charge in [-0.1, -0.05) is 51.0 Å². The van der Waals surface area contributed by atoms with Gasteiger partial charge in [-0.2, -0.15) is 0 Å². The molecule has 5 aliphatic carbocycles. The Morgan fingerprint density at radius 1 is 1.09 bits per heavy atom. The van der Waals surface area contributed by atoms with E-state index in [9.17, 15) is 15.3 Å². The van der Waals surface area contributed by atoms with Gasteiger partial charge in [-0.3, -0.25) is 0 Å². The average molecular weight is 469 g/mol. The van der Waals surface area contributed by atoms with E-state index in [1.54, 1.807) is 5.57 Å². The minimum Gasteiger partial charge on any atom is -0.393 e. The highest BCUT2D eigenvalue weighted by Gasteiger charge is 2.53. The molecule has 0 unspecified atom stereocenters. The number of allylic oxidation sites excluding steroid dienone is 3. The second-order valence-electron chi connectivity index (χ2n) is 13.1. The lowest BCUT2D eigenvalue weighted by Gasteiger charge is -2.44. The Kier molecular flexibility index (Phi) is 6.94. The molecule has 0 aromatic heterocycles. The molecule has 5 aliphatic rings. The van der Waals surface area contributed by atoms with Crippen LogP contribution >= 0.6 is 0 Å². The van der Waals surface area contributed by atoms with Gasteiger partial charge in [0.2, 0.25) is 0 Å². The normalized spacial score (nSPS) is 40.1. The van der Waals surface area contributed by atoms with Crippen LogP contribution in [-0.2, 0) is 0 Å². The minimum absolute atomic E-state index is 0.333. The zero-order chi connectivity index (χ0) is 24.1. The molecule has 190 valence electrons. The van der Waals surface area contributed by atoms with E-state index in [0.29, 0.717) is 36.0 Å². The fourth-order valence-corrected chi connectivity index (χ4v) is 8.50. The van der Waals surface area contributed by atoms with Crippen LogP contribution in [0.1, 0.15) is 104 Å². The topological polar surface area (TPSA) is 60.7 Å². The van der Waals surface area contributed by atoms with Crippen LogP contribution in [0.5, 0.6) is 0 Å². The van der Waals surface area contributed by atoms with E-state index >= 15 is 0 Å². The van der Waals surface area contributed by atoms with Crippen LogP contribution in [0, 0.1) is 35.0 Å². The molecular formula is C31H48O3. The van der Waals surface area contributed by atoms with Crippen LogP contribution in [0.15, 0.2) is 35.5 Å². The summed E-state index contributed by atoms with van der Waals surface area (Å²) in [6.07, 6.45) is 19.3. The molecule has 5 fully saturated rings. The van der Waals surface area contributed by atoms with Gasteiger partial charge in [0.05, 0.1) is 17.8 Å². The van der Waals surface area contributed by atoms with Crippen molar-refractivity contribution in [2.24, 2.45) is 35.0 Å². The summed E-state index contributed by atoms with van der Waals surface area (Å²) in [5.41, 5.74) is 3.44. The average Bonchev–Trinajstić information content (AvgIpc) is 3.70. The maximum atomic E-state index is 11.3. The summed E-state index contributed by atoms with van der Waals surface area (Å²) in [4.78, 5) is 0. The van der Waals surface area contributed by atoms with Gasteiger partial charge in [0.25, 0.3) is 0 Å². The number of rotatable bonds is 8. The number of hydrogen-bond donors (Lipinski definition) is 3. The standard InChI is InChI=1S/C31H48O3/c1-20(6-4-17-31(34,24-10-11-24)25-12-13-25)27-14-15-28-22(7-5-16-30(27,28)3)8-9-23-18-26(32)19-29(33)21(23)2/h8-9,20,24-29,32-34H,2,4-7,10-19H2,1,3H3/b22-8+,23-9-/t20-,26-,27-,28+,29+,30-/m1/s1. The Bertz CT molecular complexity index is 820. The Balaban J connectivity index is 1.22. The molecule has 0 saturated heterocycles. The van der Waals surface area contributed by atoms with Crippen LogP contribution in [-0.4, -0.2) is 33.1 Å². The maximum absolute atomic E-state index is 11.3. The predicted octanol–water partition coefficient (Wildman–Crippen LogP) is 6.48. The zero-order valence-electron chi connectivity index (χ0n) is 21.6. The van der Waals surface area contributed by atoms with E-state index in [1.165, 1.54) is 70.6 Å². The molecule has 0 aliphatic heterocycles. The fourth-order valence-electron chi connectivity index (χ4n) is 8.50. The smallest absolute Gasteiger partial charge is 0.0811 e. The third kappa shape index (κ3) is 4.74. The lowest BCUT2D eigenvalue weighted by atomic mass is 9.60. The second-order valence-corrected chi connectivity index (χ2v) is 13.1. The Hall–Kier alpha value is -0.900. The van der Waals surface area contributed by atoms with Gasteiger partial charge in [-0.05, 0) is 117 Å². The molecule has 0 spiro atoms. The van der Waals surface area contributed by atoms with E-state index in [0.717, 1.165) is 29.4 Å². The molecule has 5 rings (SSSR count). The molecule has 0 aromatic carbocycles. The first-order valence-electron chi connectivity index (χ1n) is 14.4. The molecule has 34 heavy (non-hydrogen) atoms. The monoisotopic (exact) mass is 468 g/mol. The minimum atomic E-state index is -0.612. The first-order valence-corrected chi connectivity index (χ1v) is 14.4. The van der Waals surface area contributed by atoms with Crippen LogP contribution < -0.4 is 0 Å². The van der Waals surface area contributed by atoms with Gasteiger partial charge in [-0.25, -0.2) is 0 Å². The maximum Gasteiger partial charge on any atom is 0.0811 e. The van der Waals surface area contributed by atoms with E-state index in [4.69, 9.17) is 0 Å². The van der Waals surface area contributed by atoms with Gasteiger partial charge in [0, 0.05) is 6.42 Å². The van der Waals surface area contributed by atoms with E-state index < -0.39 is 12.2 Å². The molecule has 0 radical (unpaired) electrons. The summed E-state index contributed by atoms with van der Waals surface area (Å²) in [6.45, 7) is 9.13. The van der Waals surface area contributed by atoms with Crippen molar-refractivity contribution in [1.29, 1.82) is 0 Å². The summed E-state index contributed by atoms with van der Waals surface area (Å²) >= 11 is 0. The van der Waals surface area contributed by atoms with Crippen LogP contribution in [0.25, 0.3) is 0 Å². The molecule has 3 nitrogen and oxygen atoms in total. The van der Waals surface area contributed by atoms with Gasteiger partial charge in [0.1, 0.15) is 0 Å². The highest BCUT2D eigenvalue weighted by atomic mass is 16.3. The second kappa shape index (κ2) is 9.52. The highest BCUT2D eigenvalue weighted by molar-refractivity contribution is 5.38. The van der Waals surface area contributed by atoms with Crippen molar-refractivity contribution in [2.45, 2.75) is 122 Å². The molecule has 5 saturated carbocycles. The van der Waals surface area contributed by atoms with Gasteiger partial charge in [0.15, 0.2) is 0 Å². The summed E-state index contributed by atoms with van der Waals surface area (Å²) in [5.74, 6) is 3.36. The lowest BCUT2D eigenvalue weighted by molar-refractivity contribution is -0.0172. The van der Waals surface area contributed by atoms with E-state index in [-0.39, 0.29) is 5.60 Å². The molecule has 0 aromatic rings. The summed E-state index contributed by atoms with van der Waals surface area (Å²) < 4.78 is 0. The Morgan fingerprint density at radius 2 is 1.79 bits per heavy atom. The highest BCUT2D eigenvalue weighted by Crippen LogP contribution is 2.60. The van der Waals surface area contributed by atoms with Gasteiger partial charge >= 0.3 is 0 Å². The fraction of sp³-hybridized carbons (Fsp3) is 0.806. The van der Waals surface area contributed by atoms with Crippen molar-refractivity contribution < 1.29 is 15.3 Å². The van der Waals surface area contributed by atoms with Crippen LogP contribution in [0.3, 0.4) is 0 Å². The quantitative estimate of drug-likeness (QED) is 0.382. The van der Waals surface area contributed by atoms with Crippen LogP contribution in [0.4, 0.5) is 0 Å². The summed E-state index contributed by atoms with van der Waals surface area (Å²) in [5, 5.41) is 31.6. The van der Waals surface area contributed by atoms with Crippen molar-refractivity contribution in [2.75, 3.05) is 0 Å². The zero-order valence-corrected chi connectivity index (χ0v) is 21.6. The lowest BCUT2D eigenvalue weighted by Crippen LogP contribution is -2.36. The third-order valence-electron chi connectivity index (χ3n) is 10.8. The van der Waals surface area contributed by atoms with Crippen molar-refractivity contribution in [3.8, 4) is 0 Å². The molecule has 6 atom stereocenters. The first-order chi connectivity index (χ1) is 16.2. The predicted molar refractivity (Wildman–Crippen MR) is 138 cm³/mol. The number of fused-ring (bicyclic) bond motifs is 1. The Morgan fingerprint density at radius 3 is 2.47 bits per heavy atom. The molecule has 0 bridgehead atoms. The van der Waals surface area contributed by atoms with Crippen molar-refractivity contribution in [1.82, 2.24) is 0 Å².